The van der Waals surface area contributed by atoms with E-state index in [-0.39, 0.29) is 6.61 Å². The van der Waals surface area contributed by atoms with Crippen LogP contribution >= 0.6 is 0 Å². The Morgan fingerprint density at radius 3 is 2.79 bits per heavy atom. The second-order valence-electron chi connectivity index (χ2n) is 8.05. The first-order valence-electron chi connectivity index (χ1n) is 11.2. The highest BCUT2D eigenvalue weighted by Gasteiger charge is 2.23. The van der Waals surface area contributed by atoms with E-state index in [9.17, 15) is 4.79 Å². The molecule has 1 aromatic heterocycles. The van der Waals surface area contributed by atoms with Crippen molar-refractivity contribution in [1.29, 1.82) is 0 Å². The molecule has 0 spiro atoms. The van der Waals surface area contributed by atoms with E-state index >= 15 is 0 Å². The number of ether oxygens (including phenoxy) is 1. The third kappa shape index (κ3) is 6.20. The van der Waals surface area contributed by atoms with Crippen molar-refractivity contribution >= 4 is 17.7 Å². The minimum absolute atomic E-state index is 0.320. The van der Waals surface area contributed by atoms with Gasteiger partial charge in [0.2, 0.25) is 0 Å². The monoisotopic (exact) mass is 444 g/mol. The van der Waals surface area contributed by atoms with Crippen molar-refractivity contribution in [3.05, 3.63) is 95.3 Å². The van der Waals surface area contributed by atoms with Crippen LogP contribution in [0.25, 0.3) is 11.8 Å². The molecule has 6 heteroatoms. The molecule has 1 atom stereocenters. The minimum atomic E-state index is -0.965. The summed E-state index contributed by atoms with van der Waals surface area (Å²) in [4.78, 5) is 21.0. The van der Waals surface area contributed by atoms with Gasteiger partial charge in [0, 0.05) is 18.0 Å². The van der Waals surface area contributed by atoms with Crippen molar-refractivity contribution in [2.24, 2.45) is 0 Å². The highest BCUT2D eigenvalue weighted by molar-refractivity contribution is 5.79. The number of aliphatic carboxylic acids is 1. The van der Waals surface area contributed by atoms with Crippen LogP contribution in [0.3, 0.4) is 0 Å². The highest BCUT2D eigenvalue weighted by Crippen LogP contribution is 2.38. The van der Waals surface area contributed by atoms with Crippen LogP contribution in [0.1, 0.15) is 47.4 Å². The van der Waals surface area contributed by atoms with Crippen LogP contribution in [0.5, 0.6) is 5.75 Å². The number of hydrogen-bond acceptors (Lipinski definition) is 5. The first-order chi connectivity index (χ1) is 16.2. The molecule has 2 aromatic carbocycles. The minimum Gasteiger partial charge on any atom is -0.482 e. The van der Waals surface area contributed by atoms with Crippen LogP contribution in [-0.4, -0.2) is 29.3 Å². The van der Waals surface area contributed by atoms with Crippen LogP contribution in [0, 0.1) is 0 Å². The first kappa shape index (κ1) is 22.6. The van der Waals surface area contributed by atoms with Crippen molar-refractivity contribution in [2.45, 2.75) is 31.6 Å². The third-order valence-corrected chi connectivity index (χ3v) is 5.77. The fourth-order valence-corrected chi connectivity index (χ4v) is 4.23. The van der Waals surface area contributed by atoms with Crippen molar-refractivity contribution < 1.29 is 19.5 Å². The first-order valence-corrected chi connectivity index (χ1v) is 11.2. The Labute approximate surface area is 193 Å². The van der Waals surface area contributed by atoms with Crippen LogP contribution in [-0.2, 0) is 16.1 Å². The molecule has 0 fully saturated rings. The van der Waals surface area contributed by atoms with Crippen molar-refractivity contribution in [2.75, 3.05) is 13.2 Å². The lowest BCUT2D eigenvalue weighted by atomic mass is 9.81. The maximum absolute atomic E-state index is 10.9. The molecule has 2 N–H and O–H groups in total. The number of fused-ring (bicyclic) bond motifs is 1. The molecule has 170 valence electrons. The Bertz CT molecular complexity index is 1080. The van der Waals surface area contributed by atoms with Crippen LogP contribution in [0.2, 0.25) is 0 Å². The van der Waals surface area contributed by atoms with Gasteiger partial charge in [-0.25, -0.2) is 4.79 Å². The molecule has 0 radical (unpaired) electrons. The van der Waals surface area contributed by atoms with E-state index in [4.69, 9.17) is 14.7 Å². The van der Waals surface area contributed by atoms with E-state index in [2.05, 4.69) is 16.5 Å². The van der Waals surface area contributed by atoms with Gasteiger partial charge < -0.3 is 9.84 Å². The number of hydrogen-bond donors (Lipinski definition) is 2. The van der Waals surface area contributed by atoms with Crippen molar-refractivity contribution in [3.8, 4) is 5.75 Å². The zero-order valence-electron chi connectivity index (χ0n) is 18.4. The Balaban J connectivity index is 1.40. The zero-order chi connectivity index (χ0) is 22.9. The number of pyridine rings is 1. The van der Waals surface area contributed by atoms with Gasteiger partial charge in [-0.3, -0.25) is 15.3 Å². The number of carboxylic acid groups (broad SMARTS) is 1. The lowest BCUT2D eigenvalue weighted by Gasteiger charge is -2.27. The van der Waals surface area contributed by atoms with E-state index in [1.165, 1.54) is 5.56 Å². The van der Waals surface area contributed by atoms with Gasteiger partial charge in [0.25, 0.3) is 0 Å². The smallest absolute Gasteiger partial charge is 0.341 e. The topological polar surface area (TPSA) is 80.7 Å². The molecule has 0 saturated heterocycles. The average molecular weight is 445 g/mol. The highest BCUT2D eigenvalue weighted by atomic mass is 16.6. The second kappa shape index (κ2) is 11.3. The number of carboxylic acids is 1. The summed E-state index contributed by atoms with van der Waals surface area (Å²) in [5, 5.41) is 8.94. The average Bonchev–Trinajstić information content (AvgIpc) is 2.85. The normalized spacial score (nSPS) is 15.5. The quantitative estimate of drug-likeness (QED) is 0.336. The standard InChI is InChI=1S/C27H28N2O4/c30-27(31)19-32-26-13-5-11-23-21(9-4-12-24(23)26)14-16-33-29-25(22-10-6-15-28-18-22)17-20-7-2-1-3-8-20/h1-3,5-8,10-11,13,15,17-18,21,29H,4,9,12,14,16,19H2,(H,30,31). The Hall–Kier alpha value is -3.64. The van der Waals surface area contributed by atoms with Gasteiger partial charge in [-0.1, -0.05) is 42.5 Å². The molecule has 4 rings (SSSR count). The fraction of sp³-hybridized carbons (Fsp3) is 0.259. The fourth-order valence-electron chi connectivity index (χ4n) is 4.23. The van der Waals surface area contributed by atoms with Crippen molar-refractivity contribution in [3.63, 3.8) is 0 Å². The molecule has 0 saturated carbocycles. The molecule has 1 aliphatic carbocycles. The molecule has 33 heavy (non-hydrogen) atoms. The predicted octanol–water partition coefficient (Wildman–Crippen LogP) is 5.07. The van der Waals surface area contributed by atoms with E-state index < -0.39 is 5.97 Å². The van der Waals surface area contributed by atoms with Gasteiger partial charge >= 0.3 is 5.97 Å². The number of benzene rings is 2. The van der Waals surface area contributed by atoms with Gasteiger partial charge in [-0.15, -0.1) is 0 Å². The maximum atomic E-state index is 10.9. The molecule has 0 bridgehead atoms. The number of carbonyl (C=O) groups is 1. The summed E-state index contributed by atoms with van der Waals surface area (Å²) in [5.74, 6) is 0.0691. The molecule has 6 nitrogen and oxygen atoms in total. The van der Waals surface area contributed by atoms with Crippen LogP contribution < -0.4 is 10.2 Å². The Kier molecular flexibility index (Phi) is 7.72. The molecule has 3 aromatic rings. The van der Waals surface area contributed by atoms with E-state index in [1.54, 1.807) is 12.4 Å². The number of aromatic nitrogens is 1. The van der Waals surface area contributed by atoms with Gasteiger partial charge in [0.15, 0.2) is 6.61 Å². The lowest BCUT2D eigenvalue weighted by Crippen LogP contribution is -2.18. The summed E-state index contributed by atoms with van der Waals surface area (Å²) >= 11 is 0. The maximum Gasteiger partial charge on any atom is 0.341 e. The number of nitrogens with zero attached hydrogens (tertiary/aromatic N) is 1. The van der Waals surface area contributed by atoms with Crippen molar-refractivity contribution in [1.82, 2.24) is 10.5 Å². The predicted molar refractivity (Wildman–Crippen MR) is 128 cm³/mol. The van der Waals surface area contributed by atoms with Crippen LogP contribution in [0.4, 0.5) is 0 Å². The van der Waals surface area contributed by atoms with E-state index in [0.717, 1.165) is 48.1 Å². The number of rotatable bonds is 10. The SMILES string of the molecule is O=C(O)COc1cccc2c1CCCC2CCONC(=Cc1ccccc1)c1cccnc1. The summed E-state index contributed by atoms with van der Waals surface area (Å²) in [6, 6.07) is 19.9. The van der Waals surface area contributed by atoms with Gasteiger partial charge in [-0.05, 0) is 72.6 Å². The molecular weight excluding hydrogens is 416 g/mol. The molecule has 0 aliphatic heterocycles. The van der Waals surface area contributed by atoms with Gasteiger partial charge in [0.1, 0.15) is 5.75 Å². The molecule has 1 heterocycles. The molecule has 1 unspecified atom stereocenters. The largest absolute Gasteiger partial charge is 0.482 e. The summed E-state index contributed by atoms with van der Waals surface area (Å²) in [6.07, 6.45) is 9.49. The third-order valence-electron chi connectivity index (χ3n) is 5.77. The van der Waals surface area contributed by atoms with Crippen LogP contribution in [0.15, 0.2) is 73.1 Å². The van der Waals surface area contributed by atoms with Gasteiger partial charge in [-0.2, -0.15) is 0 Å². The Morgan fingerprint density at radius 1 is 1.12 bits per heavy atom. The molecule has 1 aliphatic rings. The summed E-state index contributed by atoms with van der Waals surface area (Å²) in [5.41, 5.74) is 8.36. The van der Waals surface area contributed by atoms with Gasteiger partial charge in [0.05, 0.1) is 12.3 Å². The lowest BCUT2D eigenvalue weighted by molar-refractivity contribution is -0.139. The van der Waals surface area contributed by atoms with E-state index in [0.29, 0.717) is 18.3 Å². The summed E-state index contributed by atoms with van der Waals surface area (Å²) < 4.78 is 5.52. The molecule has 0 amide bonds. The van der Waals surface area contributed by atoms with E-state index in [1.807, 2.05) is 60.7 Å². The molecular formula is C27H28N2O4. The zero-order valence-corrected chi connectivity index (χ0v) is 18.4. The summed E-state index contributed by atoms with van der Waals surface area (Å²) in [7, 11) is 0. The number of nitrogens with one attached hydrogen (secondary N) is 1. The summed E-state index contributed by atoms with van der Waals surface area (Å²) in [6.45, 7) is 0.218. The number of hydroxylamine groups is 1. The second-order valence-corrected chi connectivity index (χ2v) is 8.05. The Morgan fingerprint density at radius 2 is 2.00 bits per heavy atom.